The van der Waals surface area contributed by atoms with Gasteiger partial charge in [0.15, 0.2) is 0 Å². The van der Waals surface area contributed by atoms with Gasteiger partial charge in [-0.25, -0.2) is 4.39 Å². The Morgan fingerprint density at radius 3 is 2.52 bits per heavy atom. The Hall–Kier alpha value is -1.37. The molecular weight excluding hydrogens is 347 g/mol. The Morgan fingerprint density at radius 2 is 1.92 bits per heavy atom. The number of piperidine rings is 1. The van der Waals surface area contributed by atoms with Gasteiger partial charge < -0.3 is 19.7 Å². The van der Waals surface area contributed by atoms with Crippen molar-refractivity contribution in [3.8, 4) is 5.75 Å². The highest BCUT2D eigenvalue weighted by molar-refractivity contribution is 5.85. The molecule has 0 bridgehead atoms. The largest absolute Gasteiger partial charge is 0.494 e. The van der Waals surface area contributed by atoms with E-state index in [-0.39, 0.29) is 24.1 Å². The Labute approximate surface area is 155 Å². The van der Waals surface area contributed by atoms with E-state index in [2.05, 4.69) is 5.32 Å². The maximum absolute atomic E-state index is 12.8. The summed E-state index contributed by atoms with van der Waals surface area (Å²) in [7, 11) is 3.48. The molecule has 1 saturated heterocycles. The SMILES string of the molecule is COCC1(C(=O)N(C)CCCOc2ccc(F)cc2)CCNCC1.Cl. The fourth-order valence-corrected chi connectivity index (χ4v) is 3.13. The molecule has 0 atom stereocenters. The summed E-state index contributed by atoms with van der Waals surface area (Å²) in [6.07, 6.45) is 2.33. The second-order valence-electron chi connectivity index (χ2n) is 6.35. The molecule has 5 nitrogen and oxygen atoms in total. The third-order valence-corrected chi connectivity index (χ3v) is 4.50. The molecule has 0 aliphatic carbocycles. The number of amides is 1. The lowest BCUT2D eigenvalue weighted by molar-refractivity contribution is -0.146. The number of hydrogen-bond donors (Lipinski definition) is 1. The summed E-state index contributed by atoms with van der Waals surface area (Å²) in [6, 6.07) is 5.95. The van der Waals surface area contributed by atoms with Crippen LogP contribution in [0.15, 0.2) is 24.3 Å². The molecule has 1 heterocycles. The number of halogens is 2. The van der Waals surface area contributed by atoms with E-state index in [4.69, 9.17) is 9.47 Å². The number of methoxy groups -OCH3 is 1. The van der Waals surface area contributed by atoms with Gasteiger partial charge in [0.1, 0.15) is 11.6 Å². The third-order valence-electron chi connectivity index (χ3n) is 4.50. The summed E-state index contributed by atoms with van der Waals surface area (Å²) in [4.78, 5) is 14.6. The van der Waals surface area contributed by atoms with E-state index in [0.29, 0.717) is 25.5 Å². The predicted molar refractivity (Wildman–Crippen MR) is 97.8 cm³/mol. The summed E-state index contributed by atoms with van der Waals surface area (Å²) in [5.41, 5.74) is -0.410. The summed E-state index contributed by atoms with van der Waals surface area (Å²) in [5, 5.41) is 3.29. The van der Waals surface area contributed by atoms with Gasteiger partial charge in [0.2, 0.25) is 5.91 Å². The molecule has 142 valence electrons. The number of nitrogens with one attached hydrogen (secondary N) is 1. The molecule has 1 aromatic carbocycles. The minimum absolute atomic E-state index is 0. The van der Waals surface area contributed by atoms with Gasteiger partial charge in [-0.2, -0.15) is 0 Å². The van der Waals surface area contributed by atoms with Crippen LogP contribution in [0.5, 0.6) is 5.75 Å². The molecule has 7 heteroatoms. The van der Waals surface area contributed by atoms with Crippen LogP contribution in [-0.4, -0.2) is 57.8 Å². The molecule has 0 saturated carbocycles. The van der Waals surface area contributed by atoms with Crippen molar-refractivity contribution in [2.75, 3.05) is 47.0 Å². The molecule has 25 heavy (non-hydrogen) atoms. The smallest absolute Gasteiger partial charge is 0.230 e. The lowest BCUT2D eigenvalue weighted by Crippen LogP contribution is -2.50. The van der Waals surface area contributed by atoms with E-state index in [1.807, 2.05) is 7.05 Å². The highest BCUT2D eigenvalue weighted by atomic mass is 35.5. The van der Waals surface area contributed by atoms with E-state index >= 15 is 0 Å². The van der Waals surface area contributed by atoms with Crippen molar-refractivity contribution in [1.82, 2.24) is 10.2 Å². The number of carbonyl (C=O) groups is 1. The molecule has 1 N–H and O–H groups in total. The Kier molecular flexibility index (Phi) is 9.17. The molecule has 1 aliphatic rings. The van der Waals surface area contributed by atoms with Gasteiger partial charge in [0, 0.05) is 20.7 Å². The first-order chi connectivity index (χ1) is 11.6. The van der Waals surface area contributed by atoms with Crippen LogP contribution in [0.25, 0.3) is 0 Å². The van der Waals surface area contributed by atoms with Gasteiger partial charge >= 0.3 is 0 Å². The van der Waals surface area contributed by atoms with Gasteiger partial charge in [-0.3, -0.25) is 4.79 Å². The number of rotatable bonds is 8. The van der Waals surface area contributed by atoms with Gasteiger partial charge in [0.25, 0.3) is 0 Å². The number of benzene rings is 1. The molecule has 0 spiro atoms. The van der Waals surface area contributed by atoms with Crippen LogP contribution in [0, 0.1) is 11.2 Å². The van der Waals surface area contributed by atoms with Crippen molar-refractivity contribution in [3.63, 3.8) is 0 Å². The number of nitrogens with zero attached hydrogens (tertiary/aromatic N) is 1. The topological polar surface area (TPSA) is 50.8 Å². The Balaban J connectivity index is 0.00000312. The van der Waals surface area contributed by atoms with Crippen LogP contribution in [-0.2, 0) is 9.53 Å². The highest BCUT2D eigenvalue weighted by Crippen LogP contribution is 2.31. The quantitative estimate of drug-likeness (QED) is 0.710. The van der Waals surface area contributed by atoms with Crippen molar-refractivity contribution in [2.24, 2.45) is 5.41 Å². The monoisotopic (exact) mass is 374 g/mol. The van der Waals surface area contributed by atoms with E-state index in [1.54, 1.807) is 24.1 Å². The average molecular weight is 375 g/mol. The van der Waals surface area contributed by atoms with Crippen molar-refractivity contribution >= 4 is 18.3 Å². The average Bonchev–Trinajstić information content (AvgIpc) is 2.60. The van der Waals surface area contributed by atoms with E-state index in [9.17, 15) is 9.18 Å². The van der Waals surface area contributed by atoms with Gasteiger partial charge in [-0.05, 0) is 56.6 Å². The second kappa shape index (κ2) is 10.6. The van der Waals surface area contributed by atoms with Crippen molar-refractivity contribution in [1.29, 1.82) is 0 Å². The lowest BCUT2D eigenvalue weighted by atomic mass is 9.78. The first kappa shape index (κ1) is 21.7. The molecule has 0 radical (unpaired) electrons. The van der Waals surface area contributed by atoms with E-state index in [0.717, 1.165) is 32.4 Å². The summed E-state index contributed by atoms with van der Waals surface area (Å²) >= 11 is 0. The summed E-state index contributed by atoms with van der Waals surface area (Å²) in [6.45, 7) is 3.26. The van der Waals surface area contributed by atoms with Crippen LogP contribution in [0.3, 0.4) is 0 Å². The number of ether oxygens (including phenoxy) is 2. The first-order valence-electron chi connectivity index (χ1n) is 8.41. The second-order valence-corrected chi connectivity index (χ2v) is 6.35. The molecule has 1 aliphatic heterocycles. The zero-order valence-corrected chi connectivity index (χ0v) is 15.7. The van der Waals surface area contributed by atoms with Crippen molar-refractivity contribution in [3.05, 3.63) is 30.1 Å². The van der Waals surface area contributed by atoms with Crippen LogP contribution in [0.1, 0.15) is 19.3 Å². The Bertz CT molecular complexity index is 516. The van der Waals surface area contributed by atoms with Crippen LogP contribution >= 0.6 is 12.4 Å². The molecular formula is C18H28ClFN2O3. The zero-order chi connectivity index (χ0) is 17.4. The Morgan fingerprint density at radius 1 is 1.28 bits per heavy atom. The summed E-state index contributed by atoms with van der Waals surface area (Å²) < 4.78 is 23.7. The van der Waals surface area contributed by atoms with Gasteiger partial charge in [0.05, 0.1) is 18.6 Å². The van der Waals surface area contributed by atoms with Crippen molar-refractivity contribution in [2.45, 2.75) is 19.3 Å². The maximum Gasteiger partial charge on any atom is 0.230 e. The van der Waals surface area contributed by atoms with Crippen molar-refractivity contribution < 1.29 is 18.7 Å². The normalized spacial score (nSPS) is 16.0. The third kappa shape index (κ3) is 6.13. The van der Waals surface area contributed by atoms with Crippen LogP contribution in [0.4, 0.5) is 4.39 Å². The molecule has 1 fully saturated rings. The predicted octanol–water partition coefficient (Wildman–Crippen LogP) is 2.49. The molecule has 1 amide bonds. The highest BCUT2D eigenvalue weighted by Gasteiger charge is 2.41. The molecule has 2 rings (SSSR count). The number of carbonyl (C=O) groups excluding carboxylic acids is 1. The van der Waals surface area contributed by atoms with Gasteiger partial charge in [-0.1, -0.05) is 0 Å². The number of hydrogen-bond acceptors (Lipinski definition) is 4. The van der Waals surface area contributed by atoms with Crippen LogP contribution in [0.2, 0.25) is 0 Å². The van der Waals surface area contributed by atoms with Gasteiger partial charge in [-0.15, -0.1) is 12.4 Å². The van der Waals surface area contributed by atoms with Crippen LogP contribution < -0.4 is 10.1 Å². The summed E-state index contributed by atoms with van der Waals surface area (Å²) in [5.74, 6) is 0.505. The molecule has 0 aromatic heterocycles. The lowest BCUT2D eigenvalue weighted by Gasteiger charge is -2.38. The van der Waals surface area contributed by atoms with E-state index in [1.165, 1.54) is 12.1 Å². The fraction of sp³-hybridized carbons (Fsp3) is 0.611. The zero-order valence-electron chi connectivity index (χ0n) is 14.9. The first-order valence-corrected chi connectivity index (χ1v) is 8.41. The minimum Gasteiger partial charge on any atom is -0.494 e. The standard InChI is InChI=1S/C18H27FN2O3.ClH/c1-21(12-3-13-24-16-6-4-15(19)5-7-16)17(22)18(14-23-2)8-10-20-11-9-18;/h4-7,20H,3,8-14H2,1-2H3;1H. The minimum atomic E-state index is -0.410. The maximum atomic E-state index is 12.8. The molecule has 1 aromatic rings. The molecule has 0 unspecified atom stereocenters. The fourth-order valence-electron chi connectivity index (χ4n) is 3.13. The van der Waals surface area contributed by atoms with E-state index < -0.39 is 5.41 Å².